The summed E-state index contributed by atoms with van der Waals surface area (Å²) in [5.74, 6) is -0.0516. The van der Waals surface area contributed by atoms with Gasteiger partial charge in [-0.1, -0.05) is 20.8 Å². The zero-order valence-corrected chi connectivity index (χ0v) is 14.7. The normalized spacial score (nSPS) is 11.0. The number of ether oxygens (including phenoxy) is 1. The van der Waals surface area contributed by atoms with E-state index < -0.39 is 20.9 Å². The van der Waals surface area contributed by atoms with Crippen LogP contribution in [0.1, 0.15) is 31.9 Å². The molecule has 0 radical (unpaired) electrons. The molecule has 0 fully saturated rings. The Kier molecular flexibility index (Phi) is 5.26. The van der Waals surface area contributed by atoms with Crippen molar-refractivity contribution in [3.8, 4) is 5.75 Å². The number of benzene rings is 1. The molecule has 1 aromatic rings. The van der Waals surface area contributed by atoms with Crippen molar-refractivity contribution >= 4 is 28.8 Å². The number of rotatable bonds is 3. The molecular formula is C14H19N3O5S. The second kappa shape index (κ2) is 6.45. The monoisotopic (exact) mass is 341 g/mol. The second-order valence-electron chi connectivity index (χ2n) is 6.27. The van der Waals surface area contributed by atoms with E-state index in [0.717, 1.165) is 0 Å². The van der Waals surface area contributed by atoms with Crippen LogP contribution in [0.15, 0.2) is 6.07 Å². The molecule has 0 aliphatic carbocycles. The van der Waals surface area contributed by atoms with Crippen LogP contribution in [-0.2, 0) is 5.41 Å². The molecule has 0 bridgehead atoms. The van der Waals surface area contributed by atoms with Crippen molar-refractivity contribution in [2.75, 3.05) is 14.1 Å². The maximum absolute atomic E-state index is 11.5. The maximum atomic E-state index is 11.5. The highest BCUT2D eigenvalue weighted by Crippen LogP contribution is 2.44. The van der Waals surface area contributed by atoms with Crippen molar-refractivity contribution in [3.05, 3.63) is 37.4 Å². The molecule has 8 nitrogen and oxygen atoms in total. The highest BCUT2D eigenvalue weighted by atomic mass is 32.1. The summed E-state index contributed by atoms with van der Waals surface area (Å²) in [5.41, 5.74) is -1.08. The van der Waals surface area contributed by atoms with Crippen LogP contribution in [-0.4, -0.2) is 34.0 Å². The van der Waals surface area contributed by atoms with Crippen molar-refractivity contribution in [1.82, 2.24) is 4.90 Å². The summed E-state index contributed by atoms with van der Waals surface area (Å²) in [6.45, 7) is 6.69. The Bertz CT molecular complexity index is 680. The molecule has 0 amide bonds. The zero-order valence-electron chi connectivity index (χ0n) is 13.9. The molecule has 1 aromatic carbocycles. The van der Waals surface area contributed by atoms with Crippen molar-refractivity contribution in [3.63, 3.8) is 0 Å². The Morgan fingerprint density at radius 2 is 1.74 bits per heavy atom. The molecule has 0 atom stereocenters. The number of thiocarbonyl (C=S) groups is 1. The standard InChI is InChI=1S/C14H19N3O5S/c1-8-10(16(18)19)7-9(14(2,3)4)12(11(8)17(20)21)22-13(23)15(5)6/h7H,1-6H3. The largest absolute Gasteiger partial charge is 0.424 e. The van der Waals surface area contributed by atoms with Crippen molar-refractivity contribution < 1.29 is 14.6 Å². The van der Waals surface area contributed by atoms with Gasteiger partial charge < -0.3 is 9.64 Å². The fourth-order valence-electron chi connectivity index (χ4n) is 1.98. The van der Waals surface area contributed by atoms with Gasteiger partial charge in [0.15, 0.2) is 0 Å². The van der Waals surface area contributed by atoms with Crippen LogP contribution in [0.4, 0.5) is 11.4 Å². The van der Waals surface area contributed by atoms with Crippen LogP contribution in [0.25, 0.3) is 0 Å². The van der Waals surface area contributed by atoms with E-state index in [1.807, 2.05) is 0 Å². The van der Waals surface area contributed by atoms with Gasteiger partial charge in [-0.25, -0.2) is 0 Å². The van der Waals surface area contributed by atoms with E-state index in [9.17, 15) is 20.2 Å². The molecule has 0 N–H and O–H groups in total. The Hall–Kier alpha value is -2.29. The molecule has 0 saturated heterocycles. The fraction of sp³-hybridized carbons (Fsp3) is 0.500. The minimum atomic E-state index is -0.675. The van der Waals surface area contributed by atoms with Crippen LogP contribution >= 0.6 is 12.2 Å². The SMILES string of the molecule is Cc1c([N+](=O)[O-])cc(C(C)(C)C)c(OC(=S)N(C)C)c1[N+](=O)[O-]. The summed E-state index contributed by atoms with van der Waals surface area (Å²) in [6, 6.07) is 1.32. The molecule has 0 saturated carbocycles. The van der Waals surface area contributed by atoms with E-state index in [1.165, 1.54) is 17.9 Å². The van der Waals surface area contributed by atoms with Crippen molar-refractivity contribution in [1.29, 1.82) is 0 Å². The number of hydrogen-bond acceptors (Lipinski definition) is 6. The predicted molar refractivity (Wildman–Crippen MR) is 90.1 cm³/mol. The van der Waals surface area contributed by atoms with E-state index in [2.05, 4.69) is 0 Å². The van der Waals surface area contributed by atoms with E-state index in [-0.39, 0.29) is 22.2 Å². The first kappa shape index (κ1) is 18.8. The summed E-state index contributed by atoms with van der Waals surface area (Å²) in [6.07, 6.45) is 0. The van der Waals surface area contributed by atoms with Crippen LogP contribution in [0.3, 0.4) is 0 Å². The van der Waals surface area contributed by atoms with Crippen molar-refractivity contribution in [2.24, 2.45) is 0 Å². The molecule has 0 heterocycles. The molecule has 0 aromatic heterocycles. The van der Waals surface area contributed by atoms with Gasteiger partial charge >= 0.3 is 5.69 Å². The van der Waals surface area contributed by atoms with E-state index in [4.69, 9.17) is 17.0 Å². The van der Waals surface area contributed by atoms with Gasteiger partial charge in [0.25, 0.3) is 10.9 Å². The fourth-order valence-corrected chi connectivity index (χ4v) is 2.06. The van der Waals surface area contributed by atoms with Crippen LogP contribution < -0.4 is 4.74 Å². The average Bonchev–Trinajstić information content (AvgIpc) is 2.35. The first-order valence-electron chi connectivity index (χ1n) is 6.74. The minimum Gasteiger partial charge on any atom is -0.424 e. The molecule has 0 unspecified atom stereocenters. The molecule has 0 aliphatic rings. The molecule has 1 rings (SSSR count). The lowest BCUT2D eigenvalue weighted by molar-refractivity contribution is -0.395. The summed E-state index contributed by atoms with van der Waals surface area (Å²) in [7, 11) is 3.28. The molecular weight excluding hydrogens is 322 g/mol. The third-order valence-electron chi connectivity index (χ3n) is 3.22. The van der Waals surface area contributed by atoms with Gasteiger partial charge in [0, 0.05) is 25.7 Å². The molecule has 0 spiro atoms. The zero-order chi connectivity index (χ0) is 18.1. The summed E-state index contributed by atoms with van der Waals surface area (Å²) in [5, 5.41) is 22.8. The lowest BCUT2D eigenvalue weighted by Gasteiger charge is -2.24. The molecule has 0 aliphatic heterocycles. The minimum absolute atomic E-state index is 0.0341. The summed E-state index contributed by atoms with van der Waals surface area (Å²) in [4.78, 5) is 22.9. The van der Waals surface area contributed by atoms with Gasteiger partial charge in [-0.15, -0.1) is 0 Å². The molecule has 23 heavy (non-hydrogen) atoms. The number of nitro groups is 2. The second-order valence-corrected chi connectivity index (χ2v) is 6.62. The van der Waals surface area contributed by atoms with Gasteiger partial charge in [0.1, 0.15) is 5.56 Å². The quantitative estimate of drug-likeness (QED) is 0.472. The van der Waals surface area contributed by atoms with Gasteiger partial charge in [-0.3, -0.25) is 20.2 Å². The summed E-state index contributed by atoms with van der Waals surface area (Å²) < 4.78 is 5.53. The smallest absolute Gasteiger partial charge is 0.321 e. The number of nitro benzene ring substituents is 2. The predicted octanol–water partition coefficient (Wildman–Crippen LogP) is 3.33. The first-order valence-corrected chi connectivity index (χ1v) is 7.14. The highest BCUT2D eigenvalue weighted by Gasteiger charge is 2.35. The molecule has 9 heteroatoms. The Labute approximate surface area is 139 Å². The Morgan fingerprint density at radius 1 is 1.22 bits per heavy atom. The maximum Gasteiger partial charge on any atom is 0.321 e. The Balaban J connectivity index is 3.81. The topological polar surface area (TPSA) is 98.8 Å². The lowest BCUT2D eigenvalue weighted by Crippen LogP contribution is -2.27. The third kappa shape index (κ3) is 3.92. The highest BCUT2D eigenvalue weighted by molar-refractivity contribution is 7.80. The van der Waals surface area contributed by atoms with Gasteiger partial charge in [-0.05, 0) is 24.6 Å². The van der Waals surface area contributed by atoms with Crippen LogP contribution in [0, 0.1) is 27.2 Å². The van der Waals surface area contributed by atoms with Gasteiger partial charge in [-0.2, -0.15) is 0 Å². The van der Waals surface area contributed by atoms with Crippen molar-refractivity contribution in [2.45, 2.75) is 33.1 Å². The number of nitrogens with zero attached hydrogens (tertiary/aromatic N) is 3. The molecule has 126 valence electrons. The Morgan fingerprint density at radius 3 is 2.09 bits per heavy atom. The van der Waals surface area contributed by atoms with E-state index in [0.29, 0.717) is 5.56 Å². The third-order valence-corrected chi connectivity index (χ3v) is 3.67. The van der Waals surface area contributed by atoms with Gasteiger partial charge in [0.05, 0.1) is 9.85 Å². The van der Waals surface area contributed by atoms with E-state index in [1.54, 1.807) is 34.9 Å². The lowest BCUT2D eigenvalue weighted by atomic mass is 9.84. The number of hydrogen-bond donors (Lipinski definition) is 0. The van der Waals surface area contributed by atoms with E-state index >= 15 is 0 Å². The summed E-state index contributed by atoms with van der Waals surface area (Å²) >= 11 is 5.06. The first-order chi connectivity index (χ1) is 10.4. The van der Waals surface area contributed by atoms with Gasteiger partial charge in [0.2, 0.25) is 5.75 Å². The van der Waals surface area contributed by atoms with Crippen LogP contribution in [0.2, 0.25) is 0 Å². The average molecular weight is 341 g/mol. The van der Waals surface area contributed by atoms with Crippen LogP contribution in [0.5, 0.6) is 5.75 Å².